The van der Waals surface area contributed by atoms with Crippen LogP contribution < -0.4 is 5.73 Å². The van der Waals surface area contributed by atoms with E-state index >= 15 is 0 Å². The number of halogens is 1. The Balaban J connectivity index is 0.00000256. The normalized spacial score (nSPS) is 14.9. The summed E-state index contributed by atoms with van der Waals surface area (Å²) in [7, 11) is 0. The third-order valence-electron chi connectivity index (χ3n) is 2.89. The fourth-order valence-electron chi connectivity index (χ4n) is 1.49. The van der Waals surface area contributed by atoms with E-state index in [0.717, 1.165) is 0 Å². The zero-order chi connectivity index (χ0) is 12.3. The first-order valence-electron chi connectivity index (χ1n) is 5.54. The van der Waals surface area contributed by atoms with Crippen molar-refractivity contribution in [3.63, 3.8) is 0 Å². The molecule has 2 atom stereocenters. The van der Waals surface area contributed by atoms with Gasteiger partial charge in [-0.05, 0) is 17.9 Å². The van der Waals surface area contributed by atoms with Crippen molar-refractivity contribution in [3.05, 3.63) is 29.8 Å². The van der Waals surface area contributed by atoms with Gasteiger partial charge in [0.1, 0.15) is 5.75 Å². The average Bonchev–Trinajstić information content (AvgIpc) is 2.16. The second-order valence-corrected chi connectivity index (χ2v) is 5.28. The van der Waals surface area contributed by atoms with Crippen molar-refractivity contribution in [1.82, 2.24) is 0 Å². The number of aliphatic hydroxyl groups is 1. The lowest BCUT2D eigenvalue weighted by molar-refractivity contribution is 0.131. The highest BCUT2D eigenvalue weighted by atomic mass is 35.5. The number of benzene rings is 1. The molecule has 0 aromatic heterocycles. The highest BCUT2D eigenvalue weighted by Gasteiger charge is 2.24. The molecule has 17 heavy (non-hydrogen) atoms. The summed E-state index contributed by atoms with van der Waals surface area (Å²) in [6.07, 6.45) is -0.267. The molecule has 0 saturated heterocycles. The smallest absolute Gasteiger partial charge is 0.121 e. The Morgan fingerprint density at radius 2 is 1.76 bits per heavy atom. The molecule has 0 bridgehead atoms. The molecule has 0 spiro atoms. The van der Waals surface area contributed by atoms with Gasteiger partial charge in [0.05, 0.1) is 6.10 Å². The predicted octanol–water partition coefficient (Wildman–Crippen LogP) is 2.61. The Hall–Kier alpha value is -0.770. The SMILES string of the molecule is CC(C)(C)[C@@H](N)C[C@@H](O)c1ccccc1O.Cl. The van der Waals surface area contributed by atoms with Gasteiger partial charge >= 0.3 is 0 Å². The van der Waals surface area contributed by atoms with Gasteiger partial charge in [-0.15, -0.1) is 12.4 Å². The largest absolute Gasteiger partial charge is 0.508 e. The van der Waals surface area contributed by atoms with Gasteiger partial charge in [-0.2, -0.15) is 0 Å². The van der Waals surface area contributed by atoms with Gasteiger partial charge in [0.2, 0.25) is 0 Å². The van der Waals surface area contributed by atoms with Gasteiger partial charge in [0, 0.05) is 11.6 Å². The molecule has 0 aliphatic rings. The summed E-state index contributed by atoms with van der Waals surface area (Å²) in [5.74, 6) is 0.121. The topological polar surface area (TPSA) is 66.5 Å². The van der Waals surface area contributed by atoms with Crippen LogP contribution in [0, 0.1) is 5.41 Å². The molecule has 3 nitrogen and oxygen atoms in total. The highest BCUT2D eigenvalue weighted by molar-refractivity contribution is 5.85. The molecule has 98 valence electrons. The van der Waals surface area contributed by atoms with Crippen molar-refractivity contribution in [2.24, 2.45) is 11.1 Å². The molecule has 0 aliphatic heterocycles. The summed E-state index contributed by atoms with van der Waals surface area (Å²) in [6, 6.07) is 6.70. The monoisotopic (exact) mass is 259 g/mol. The van der Waals surface area contributed by atoms with Gasteiger partial charge in [-0.25, -0.2) is 0 Å². The van der Waals surface area contributed by atoms with Crippen molar-refractivity contribution in [2.45, 2.75) is 39.3 Å². The Morgan fingerprint density at radius 3 is 2.24 bits per heavy atom. The lowest BCUT2D eigenvalue weighted by Gasteiger charge is -2.29. The van der Waals surface area contributed by atoms with Crippen LogP contribution >= 0.6 is 12.4 Å². The van der Waals surface area contributed by atoms with E-state index in [-0.39, 0.29) is 29.6 Å². The van der Waals surface area contributed by atoms with Crippen molar-refractivity contribution >= 4 is 12.4 Å². The standard InChI is InChI=1S/C13H21NO2.ClH/c1-13(2,3)12(14)8-11(16)9-6-4-5-7-10(9)15;/h4-7,11-12,15-16H,8,14H2,1-3H3;1H/t11-,12+;/m1./s1. The first kappa shape index (κ1) is 16.2. The van der Waals surface area contributed by atoms with Crippen LogP contribution in [0.25, 0.3) is 0 Å². The van der Waals surface area contributed by atoms with E-state index in [1.165, 1.54) is 0 Å². The van der Waals surface area contributed by atoms with Crippen LogP contribution in [0.2, 0.25) is 0 Å². The quantitative estimate of drug-likeness (QED) is 0.782. The molecule has 0 unspecified atom stereocenters. The minimum atomic E-state index is -0.713. The van der Waals surface area contributed by atoms with Crippen LogP contribution in [0.1, 0.15) is 38.9 Å². The van der Waals surface area contributed by atoms with Gasteiger partial charge in [0.25, 0.3) is 0 Å². The zero-order valence-corrected chi connectivity index (χ0v) is 11.4. The van der Waals surface area contributed by atoms with Gasteiger partial charge in [0.15, 0.2) is 0 Å². The summed E-state index contributed by atoms with van der Waals surface area (Å²) >= 11 is 0. The van der Waals surface area contributed by atoms with Crippen LogP contribution in [0.5, 0.6) is 5.75 Å². The maximum atomic E-state index is 10.00. The van der Waals surface area contributed by atoms with E-state index in [9.17, 15) is 10.2 Å². The van der Waals surface area contributed by atoms with Crippen LogP contribution in [-0.4, -0.2) is 16.3 Å². The molecule has 4 N–H and O–H groups in total. The van der Waals surface area contributed by atoms with Gasteiger partial charge in [-0.3, -0.25) is 0 Å². The second kappa shape index (κ2) is 6.24. The number of phenolic OH excluding ortho intramolecular Hbond substituents is 1. The molecule has 0 saturated carbocycles. The third kappa shape index (κ3) is 4.54. The first-order chi connectivity index (χ1) is 7.32. The predicted molar refractivity (Wildman–Crippen MR) is 72.4 cm³/mol. The van der Waals surface area contributed by atoms with E-state index in [2.05, 4.69) is 0 Å². The summed E-state index contributed by atoms with van der Waals surface area (Å²) < 4.78 is 0. The van der Waals surface area contributed by atoms with Crippen molar-refractivity contribution in [2.75, 3.05) is 0 Å². The van der Waals surface area contributed by atoms with Crippen molar-refractivity contribution < 1.29 is 10.2 Å². The molecule has 0 amide bonds. The number of rotatable bonds is 3. The maximum Gasteiger partial charge on any atom is 0.121 e. The van der Waals surface area contributed by atoms with Crippen LogP contribution in [-0.2, 0) is 0 Å². The van der Waals surface area contributed by atoms with E-state index in [1.54, 1.807) is 24.3 Å². The zero-order valence-electron chi connectivity index (χ0n) is 10.6. The summed E-state index contributed by atoms with van der Waals surface area (Å²) in [5.41, 5.74) is 6.49. The minimum absolute atomic E-state index is 0. The Bertz CT molecular complexity index is 350. The molecular weight excluding hydrogens is 238 g/mol. The molecule has 1 rings (SSSR count). The molecule has 0 fully saturated rings. The van der Waals surface area contributed by atoms with E-state index in [4.69, 9.17) is 5.73 Å². The number of aromatic hydroxyl groups is 1. The van der Waals surface area contributed by atoms with Crippen LogP contribution in [0.4, 0.5) is 0 Å². The molecule has 1 aromatic rings. The molecule has 1 aromatic carbocycles. The lowest BCUT2D eigenvalue weighted by atomic mass is 9.83. The molecule has 0 aliphatic carbocycles. The molecule has 0 radical (unpaired) electrons. The van der Waals surface area contributed by atoms with E-state index < -0.39 is 6.10 Å². The minimum Gasteiger partial charge on any atom is -0.508 e. The van der Waals surface area contributed by atoms with Crippen LogP contribution in [0.3, 0.4) is 0 Å². The van der Waals surface area contributed by atoms with Gasteiger partial charge < -0.3 is 15.9 Å². The van der Waals surface area contributed by atoms with E-state index in [1.807, 2.05) is 20.8 Å². The summed E-state index contributed by atoms with van der Waals surface area (Å²) in [6.45, 7) is 6.11. The number of phenols is 1. The van der Waals surface area contributed by atoms with Crippen LogP contribution in [0.15, 0.2) is 24.3 Å². The Kier molecular flexibility index (Phi) is 5.96. The van der Waals surface area contributed by atoms with Crippen molar-refractivity contribution in [3.8, 4) is 5.75 Å². The molecule has 0 heterocycles. The number of nitrogens with two attached hydrogens (primary N) is 1. The van der Waals surface area contributed by atoms with Crippen molar-refractivity contribution in [1.29, 1.82) is 0 Å². The fraction of sp³-hybridized carbons (Fsp3) is 0.538. The Labute approximate surface area is 109 Å². The first-order valence-corrected chi connectivity index (χ1v) is 5.54. The second-order valence-electron chi connectivity index (χ2n) is 5.28. The number of para-hydroxylation sites is 1. The van der Waals surface area contributed by atoms with Gasteiger partial charge in [-0.1, -0.05) is 39.0 Å². The number of hydrogen-bond acceptors (Lipinski definition) is 3. The molecular formula is C13H22ClNO2. The number of hydrogen-bond donors (Lipinski definition) is 3. The summed E-state index contributed by atoms with van der Waals surface area (Å²) in [5, 5.41) is 19.6. The number of aliphatic hydroxyl groups excluding tert-OH is 1. The maximum absolute atomic E-state index is 10.00. The fourth-order valence-corrected chi connectivity index (χ4v) is 1.49. The lowest BCUT2D eigenvalue weighted by Crippen LogP contribution is -2.36. The Morgan fingerprint density at radius 1 is 1.24 bits per heavy atom. The summed E-state index contributed by atoms with van der Waals surface area (Å²) in [4.78, 5) is 0. The molecule has 4 heteroatoms. The van der Waals surface area contributed by atoms with E-state index in [0.29, 0.717) is 12.0 Å². The average molecular weight is 260 g/mol. The third-order valence-corrected chi connectivity index (χ3v) is 2.89. The highest BCUT2D eigenvalue weighted by Crippen LogP contribution is 2.30.